The summed E-state index contributed by atoms with van der Waals surface area (Å²) >= 11 is 7.15. The van der Waals surface area contributed by atoms with Crippen LogP contribution >= 0.6 is 31.9 Å². The fourth-order valence-corrected chi connectivity index (χ4v) is 2.90. The summed E-state index contributed by atoms with van der Waals surface area (Å²) in [4.78, 5) is 0. The maximum absolute atomic E-state index is 3.59. The quantitative estimate of drug-likeness (QED) is 0.733. The summed E-state index contributed by atoms with van der Waals surface area (Å²) in [5, 5.41) is 3.55. The Morgan fingerprint density at radius 1 is 0.944 bits per heavy atom. The zero-order chi connectivity index (χ0) is 13.1. The van der Waals surface area contributed by atoms with Crippen molar-refractivity contribution in [1.82, 2.24) is 0 Å². The Balaban J connectivity index is 2.24. The van der Waals surface area contributed by atoms with Crippen molar-refractivity contribution in [2.24, 2.45) is 0 Å². The minimum atomic E-state index is 0.258. The normalized spacial score (nSPS) is 12.2. The van der Waals surface area contributed by atoms with Crippen LogP contribution in [0.2, 0.25) is 0 Å². The van der Waals surface area contributed by atoms with E-state index in [-0.39, 0.29) is 6.04 Å². The van der Waals surface area contributed by atoms with Crippen LogP contribution in [0.4, 0.5) is 5.69 Å². The average molecular weight is 369 g/mol. The second-order valence-electron chi connectivity index (χ2n) is 4.30. The van der Waals surface area contributed by atoms with E-state index >= 15 is 0 Å². The third kappa shape index (κ3) is 2.96. The lowest BCUT2D eigenvalue weighted by atomic mass is 10.1. The summed E-state index contributed by atoms with van der Waals surface area (Å²) in [5.41, 5.74) is 3.65. The number of hydrogen-bond acceptors (Lipinski definition) is 1. The van der Waals surface area contributed by atoms with Gasteiger partial charge in [0.25, 0.3) is 0 Å². The van der Waals surface area contributed by atoms with Gasteiger partial charge in [-0.25, -0.2) is 0 Å². The van der Waals surface area contributed by atoms with Crippen molar-refractivity contribution in [2.45, 2.75) is 19.9 Å². The third-order valence-corrected chi connectivity index (χ3v) is 4.59. The zero-order valence-corrected chi connectivity index (χ0v) is 13.5. The van der Waals surface area contributed by atoms with Crippen molar-refractivity contribution in [2.75, 3.05) is 5.32 Å². The Kier molecular flexibility index (Phi) is 4.46. The predicted molar refractivity (Wildman–Crippen MR) is 85.1 cm³/mol. The molecule has 2 rings (SSSR count). The van der Waals surface area contributed by atoms with Gasteiger partial charge in [0.05, 0.1) is 0 Å². The van der Waals surface area contributed by atoms with Gasteiger partial charge in [-0.2, -0.15) is 0 Å². The van der Waals surface area contributed by atoms with Crippen LogP contribution in [0.25, 0.3) is 0 Å². The molecule has 0 aromatic heterocycles. The highest BCUT2D eigenvalue weighted by molar-refractivity contribution is 9.10. The highest BCUT2D eigenvalue weighted by Crippen LogP contribution is 2.29. The molecule has 1 atom stereocenters. The van der Waals surface area contributed by atoms with E-state index in [1.165, 1.54) is 11.1 Å². The second-order valence-corrected chi connectivity index (χ2v) is 6.01. The molecule has 0 amide bonds. The lowest BCUT2D eigenvalue weighted by molar-refractivity contribution is 0.876. The van der Waals surface area contributed by atoms with Crippen LogP contribution in [-0.2, 0) is 0 Å². The van der Waals surface area contributed by atoms with Crippen molar-refractivity contribution in [3.63, 3.8) is 0 Å². The number of hydrogen-bond donors (Lipinski definition) is 1. The minimum absolute atomic E-state index is 0.258. The second kappa shape index (κ2) is 5.89. The van der Waals surface area contributed by atoms with Gasteiger partial charge in [0.15, 0.2) is 0 Å². The molecule has 0 saturated carbocycles. The standard InChI is InChI=1S/C15H15Br2N/c1-10-13(16)8-5-9-15(10)18-11(2)12-6-3-4-7-14(12)17/h3-9,11,18H,1-2H3. The van der Waals surface area contributed by atoms with Gasteiger partial charge in [-0.1, -0.05) is 56.1 Å². The molecule has 0 radical (unpaired) electrons. The van der Waals surface area contributed by atoms with Crippen LogP contribution in [0.1, 0.15) is 24.1 Å². The van der Waals surface area contributed by atoms with Crippen molar-refractivity contribution >= 4 is 37.5 Å². The average Bonchev–Trinajstić information content (AvgIpc) is 2.35. The van der Waals surface area contributed by atoms with E-state index in [2.05, 4.69) is 81.4 Å². The molecule has 0 spiro atoms. The molecule has 0 heterocycles. The fourth-order valence-electron chi connectivity index (χ4n) is 1.90. The van der Waals surface area contributed by atoms with Crippen molar-refractivity contribution in [3.8, 4) is 0 Å². The van der Waals surface area contributed by atoms with Crippen molar-refractivity contribution in [1.29, 1.82) is 0 Å². The molecule has 1 nitrogen and oxygen atoms in total. The van der Waals surface area contributed by atoms with E-state index in [9.17, 15) is 0 Å². The van der Waals surface area contributed by atoms with Gasteiger partial charge in [0.2, 0.25) is 0 Å². The van der Waals surface area contributed by atoms with E-state index < -0.39 is 0 Å². The molecule has 0 aliphatic rings. The molecule has 1 N–H and O–H groups in total. The van der Waals surface area contributed by atoms with Crippen LogP contribution in [0, 0.1) is 6.92 Å². The maximum atomic E-state index is 3.59. The topological polar surface area (TPSA) is 12.0 Å². The van der Waals surface area contributed by atoms with E-state index in [4.69, 9.17) is 0 Å². The van der Waals surface area contributed by atoms with Crippen molar-refractivity contribution < 1.29 is 0 Å². The summed E-state index contributed by atoms with van der Waals surface area (Å²) in [6.07, 6.45) is 0. The Bertz CT molecular complexity index is 552. The molecule has 3 heteroatoms. The Morgan fingerprint density at radius 2 is 1.61 bits per heavy atom. The van der Waals surface area contributed by atoms with E-state index in [1.54, 1.807) is 0 Å². The third-order valence-electron chi connectivity index (χ3n) is 3.01. The number of rotatable bonds is 3. The van der Waals surface area contributed by atoms with E-state index in [0.29, 0.717) is 0 Å². The SMILES string of the molecule is Cc1c(Br)cccc1NC(C)c1ccccc1Br. The van der Waals surface area contributed by atoms with Gasteiger partial charge < -0.3 is 5.32 Å². The van der Waals surface area contributed by atoms with Gasteiger partial charge in [0, 0.05) is 20.7 Å². The molecule has 2 aromatic rings. The fraction of sp³-hybridized carbons (Fsp3) is 0.200. The molecule has 2 aromatic carbocycles. The molecule has 0 saturated heterocycles. The maximum Gasteiger partial charge on any atom is 0.0496 e. The Morgan fingerprint density at radius 3 is 2.33 bits per heavy atom. The molecule has 18 heavy (non-hydrogen) atoms. The van der Waals surface area contributed by atoms with Gasteiger partial charge in [0.1, 0.15) is 0 Å². The Labute approximate surface area is 125 Å². The van der Waals surface area contributed by atoms with Crippen LogP contribution in [0.15, 0.2) is 51.4 Å². The highest BCUT2D eigenvalue weighted by atomic mass is 79.9. The number of halogens is 2. The molecule has 94 valence electrons. The van der Waals surface area contributed by atoms with Crippen LogP contribution < -0.4 is 5.32 Å². The molecule has 0 aliphatic heterocycles. The van der Waals surface area contributed by atoms with Gasteiger partial charge >= 0.3 is 0 Å². The number of anilines is 1. The van der Waals surface area contributed by atoms with E-state index in [0.717, 1.165) is 14.6 Å². The van der Waals surface area contributed by atoms with Crippen LogP contribution in [0.3, 0.4) is 0 Å². The van der Waals surface area contributed by atoms with Crippen molar-refractivity contribution in [3.05, 3.63) is 62.5 Å². The summed E-state index contributed by atoms with van der Waals surface area (Å²) in [6.45, 7) is 4.28. The first kappa shape index (κ1) is 13.6. The largest absolute Gasteiger partial charge is 0.378 e. The lowest BCUT2D eigenvalue weighted by Gasteiger charge is -2.19. The summed E-state index contributed by atoms with van der Waals surface area (Å²) in [6, 6.07) is 14.8. The smallest absolute Gasteiger partial charge is 0.0496 e. The molecule has 0 bridgehead atoms. The Hall–Kier alpha value is -0.800. The minimum Gasteiger partial charge on any atom is -0.378 e. The first-order chi connectivity index (χ1) is 8.59. The number of benzene rings is 2. The summed E-state index contributed by atoms with van der Waals surface area (Å²) in [7, 11) is 0. The predicted octanol–water partition coefficient (Wildman–Crippen LogP) is 5.69. The van der Waals surface area contributed by atoms with Crippen LogP contribution in [0.5, 0.6) is 0 Å². The molecular formula is C15H15Br2N. The summed E-state index contributed by atoms with van der Waals surface area (Å²) in [5.74, 6) is 0. The molecular weight excluding hydrogens is 354 g/mol. The molecule has 0 aliphatic carbocycles. The first-order valence-electron chi connectivity index (χ1n) is 5.85. The first-order valence-corrected chi connectivity index (χ1v) is 7.44. The van der Waals surface area contributed by atoms with E-state index in [1.807, 2.05) is 12.1 Å². The van der Waals surface area contributed by atoms with Gasteiger partial charge in [-0.3, -0.25) is 0 Å². The van der Waals surface area contributed by atoms with Crippen LogP contribution in [-0.4, -0.2) is 0 Å². The zero-order valence-electron chi connectivity index (χ0n) is 10.4. The molecule has 1 unspecified atom stereocenters. The monoisotopic (exact) mass is 367 g/mol. The summed E-state index contributed by atoms with van der Waals surface area (Å²) < 4.78 is 2.27. The molecule has 0 fully saturated rings. The number of nitrogens with one attached hydrogen (secondary N) is 1. The van der Waals surface area contributed by atoms with Gasteiger partial charge in [-0.05, 0) is 43.2 Å². The highest BCUT2D eigenvalue weighted by Gasteiger charge is 2.10. The van der Waals surface area contributed by atoms with Gasteiger partial charge in [-0.15, -0.1) is 0 Å². The lowest BCUT2D eigenvalue weighted by Crippen LogP contribution is -2.08.